The van der Waals surface area contributed by atoms with Crippen molar-refractivity contribution in [3.05, 3.63) is 211 Å². The Balaban J connectivity index is 1.05. The number of benzene rings is 9. The minimum atomic E-state index is -0.0960. The molecule has 10 rings (SSSR count). The SMILES string of the molecule is CC1(C)c2ccccc2-c2ccc(N(c3ccc(-c4ccc(-c5ccc6ccccc6c5)cc4)cc3)c3cccc(-c4cccc5ccccc45)c3)cc21. The lowest BCUT2D eigenvalue weighted by molar-refractivity contribution is 0.660. The van der Waals surface area contributed by atoms with Gasteiger partial charge in [-0.3, -0.25) is 0 Å². The molecule has 0 bridgehead atoms. The van der Waals surface area contributed by atoms with E-state index < -0.39 is 0 Å². The zero-order chi connectivity index (χ0) is 36.2. The van der Waals surface area contributed by atoms with E-state index in [0.717, 1.165) is 17.1 Å². The molecule has 1 nitrogen and oxygen atoms in total. The highest BCUT2D eigenvalue weighted by molar-refractivity contribution is 5.98. The molecule has 0 fully saturated rings. The summed E-state index contributed by atoms with van der Waals surface area (Å²) in [6, 6.07) is 73.4. The minimum absolute atomic E-state index is 0.0960. The normalized spacial score (nSPS) is 12.8. The predicted octanol–water partition coefficient (Wildman–Crippen LogP) is 14.8. The van der Waals surface area contributed by atoms with Crippen LogP contribution in [-0.4, -0.2) is 0 Å². The van der Waals surface area contributed by atoms with Crippen molar-refractivity contribution in [2.24, 2.45) is 0 Å². The molecule has 0 saturated carbocycles. The molecule has 256 valence electrons. The molecule has 0 amide bonds. The molecule has 1 aliphatic rings. The van der Waals surface area contributed by atoms with Crippen LogP contribution in [0.5, 0.6) is 0 Å². The third-order valence-electron chi connectivity index (χ3n) is 11.5. The third kappa shape index (κ3) is 5.40. The summed E-state index contributed by atoms with van der Waals surface area (Å²) in [5.74, 6) is 0. The second-order valence-electron chi connectivity index (χ2n) is 15.0. The van der Waals surface area contributed by atoms with E-state index in [2.05, 4.69) is 219 Å². The number of nitrogens with zero attached hydrogens (tertiary/aromatic N) is 1. The highest BCUT2D eigenvalue weighted by atomic mass is 15.1. The number of anilines is 3. The first-order valence-corrected chi connectivity index (χ1v) is 18.8. The van der Waals surface area contributed by atoms with Gasteiger partial charge in [-0.15, -0.1) is 0 Å². The van der Waals surface area contributed by atoms with E-state index in [1.54, 1.807) is 0 Å². The van der Waals surface area contributed by atoms with Crippen molar-refractivity contribution < 1.29 is 0 Å². The van der Waals surface area contributed by atoms with Crippen LogP contribution in [0.15, 0.2) is 200 Å². The van der Waals surface area contributed by atoms with Crippen LogP contribution in [0.4, 0.5) is 17.1 Å². The van der Waals surface area contributed by atoms with Crippen LogP contribution in [-0.2, 0) is 5.41 Å². The van der Waals surface area contributed by atoms with E-state index in [1.807, 2.05) is 0 Å². The lowest BCUT2D eigenvalue weighted by atomic mass is 9.82. The molecule has 0 aromatic heterocycles. The molecular formula is C53H39N. The monoisotopic (exact) mass is 689 g/mol. The second-order valence-corrected chi connectivity index (χ2v) is 15.0. The van der Waals surface area contributed by atoms with E-state index in [1.165, 1.54) is 77.2 Å². The Morgan fingerprint density at radius 1 is 0.315 bits per heavy atom. The molecule has 1 heteroatoms. The van der Waals surface area contributed by atoms with Gasteiger partial charge in [0.2, 0.25) is 0 Å². The van der Waals surface area contributed by atoms with Gasteiger partial charge in [0, 0.05) is 22.5 Å². The zero-order valence-electron chi connectivity index (χ0n) is 30.5. The average Bonchev–Trinajstić information content (AvgIpc) is 3.46. The quantitative estimate of drug-likeness (QED) is 0.168. The maximum Gasteiger partial charge on any atom is 0.0467 e. The molecule has 0 atom stereocenters. The van der Waals surface area contributed by atoms with E-state index in [0.29, 0.717) is 0 Å². The molecule has 0 spiro atoms. The van der Waals surface area contributed by atoms with Crippen molar-refractivity contribution in [3.63, 3.8) is 0 Å². The summed E-state index contributed by atoms with van der Waals surface area (Å²) in [5, 5.41) is 5.04. The summed E-state index contributed by atoms with van der Waals surface area (Å²) in [7, 11) is 0. The van der Waals surface area contributed by atoms with Gasteiger partial charge < -0.3 is 4.90 Å². The largest absolute Gasteiger partial charge is 0.310 e. The summed E-state index contributed by atoms with van der Waals surface area (Å²) >= 11 is 0. The van der Waals surface area contributed by atoms with Gasteiger partial charge >= 0.3 is 0 Å². The molecule has 1 aliphatic carbocycles. The fraction of sp³-hybridized carbons (Fsp3) is 0.0566. The number of hydrogen-bond donors (Lipinski definition) is 0. The van der Waals surface area contributed by atoms with Crippen molar-refractivity contribution >= 4 is 38.6 Å². The summed E-state index contributed by atoms with van der Waals surface area (Å²) in [6.07, 6.45) is 0. The molecule has 0 radical (unpaired) electrons. The van der Waals surface area contributed by atoms with E-state index in [9.17, 15) is 0 Å². The first-order valence-electron chi connectivity index (χ1n) is 18.8. The molecule has 0 N–H and O–H groups in total. The lowest BCUT2D eigenvalue weighted by Crippen LogP contribution is -2.16. The Labute approximate surface area is 317 Å². The van der Waals surface area contributed by atoms with Crippen molar-refractivity contribution in [3.8, 4) is 44.5 Å². The zero-order valence-corrected chi connectivity index (χ0v) is 30.5. The fourth-order valence-electron chi connectivity index (χ4n) is 8.60. The average molecular weight is 690 g/mol. The highest BCUT2D eigenvalue weighted by Gasteiger charge is 2.35. The van der Waals surface area contributed by atoms with E-state index >= 15 is 0 Å². The first-order chi connectivity index (χ1) is 26.5. The minimum Gasteiger partial charge on any atom is -0.310 e. The molecule has 9 aromatic carbocycles. The molecule has 0 heterocycles. The van der Waals surface area contributed by atoms with Gasteiger partial charge in [-0.25, -0.2) is 0 Å². The van der Waals surface area contributed by atoms with Crippen molar-refractivity contribution in [1.29, 1.82) is 0 Å². The highest BCUT2D eigenvalue weighted by Crippen LogP contribution is 2.51. The van der Waals surface area contributed by atoms with Crippen molar-refractivity contribution in [2.45, 2.75) is 19.3 Å². The summed E-state index contributed by atoms with van der Waals surface area (Å²) in [6.45, 7) is 4.71. The van der Waals surface area contributed by atoms with E-state index in [4.69, 9.17) is 0 Å². The molecule has 0 unspecified atom stereocenters. The maximum absolute atomic E-state index is 2.42. The van der Waals surface area contributed by atoms with Crippen LogP contribution < -0.4 is 4.90 Å². The molecule has 54 heavy (non-hydrogen) atoms. The summed E-state index contributed by atoms with van der Waals surface area (Å²) < 4.78 is 0. The Kier molecular flexibility index (Phi) is 7.56. The molecule has 0 saturated heterocycles. The van der Waals surface area contributed by atoms with Crippen LogP contribution in [0.2, 0.25) is 0 Å². The predicted molar refractivity (Wildman–Crippen MR) is 230 cm³/mol. The fourth-order valence-corrected chi connectivity index (χ4v) is 8.60. The maximum atomic E-state index is 2.42. The van der Waals surface area contributed by atoms with Gasteiger partial charge in [-0.1, -0.05) is 172 Å². The lowest BCUT2D eigenvalue weighted by Gasteiger charge is -2.28. The summed E-state index contributed by atoms with van der Waals surface area (Å²) in [5.41, 5.74) is 16.0. The van der Waals surface area contributed by atoms with Crippen LogP contribution >= 0.6 is 0 Å². The molecule has 0 aliphatic heterocycles. The van der Waals surface area contributed by atoms with Gasteiger partial charge in [-0.2, -0.15) is 0 Å². The third-order valence-corrected chi connectivity index (χ3v) is 11.5. The first kappa shape index (κ1) is 32.0. The van der Waals surface area contributed by atoms with Crippen molar-refractivity contribution in [2.75, 3.05) is 4.90 Å². The Morgan fingerprint density at radius 2 is 0.870 bits per heavy atom. The van der Waals surface area contributed by atoms with Gasteiger partial charge in [0.1, 0.15) is 0 Å². The standard InChI is InChI=1S/C53H39N/c1-53(2)51-20-8-7-18-49(51)50-32-31-46(35-52(50)53)54(45-16-9-15-43(34-45)48-19-10-14-40-12-5-6-17-47(40)48)44-29-27-38(28-30-44)37-21-23-39(24-22-37)42-26-25-36-11-3-4-13-41(36)33-42/h3-35H,1-2H3. The van der Waals surface area contributed by atoms with Gasteiger partial charge in [-0.05, 0) is 120 Å². The number of fused-ring (bicyclic) bond motifs is 5. The molecule has 9 aromatic rings. The van der Waals surface area contributed by atoms with E-state index in [-0.39, 0.29) is 5.41 Å². The van der Waals surface area contributed by atoms with Gasteiger partial charge in [0.05, 0.1) is 0 Å². The van der Waals surface area contributed by atoms with Crippen LogP contribution in [0.25, 0.3) is 66.1 Å². The van der Waals surface area contributed by atoms with Gasteiger partial charge in [0.15, 0.2) is 0 Å². The summed E-state index contributed by atoms with van der Waals surface area (Å²) in [4.78, 5) is 2.42. The topological polar surface area (TPSA) is 3.24 Å². The number of hydrogen-bond acceptors (Lipinski definition) is 1. The Bertz CT molecular complexity index is 2840. The Morgan fingerprint density at radius 3 is 1.69 bits per heavy atom. The van der Waals surface area contributed by atoms with Gasteiger partial charge in [0.25, 0.3) is 0 Å². The van der Waals surface area contributed by atoms with Crippen LogP contribution in [0.1, 0.15) is 25.0 Å². The van der Waals surface area contributed by atoms with Crippen LogP contribution in [0.3, 0.4) is 0 Å². The second kappa shape index (κ2) is 12.8. The number of rotatable bonds is 6. The Hall–Kier alpha value is -6.70. The molecular weight excluding hydrogens is 651 g/mol. The van der Waals surface area contributed by atoms with Crippen molar-refractivity contribution in [1.82, 2.24) is 0 Å². The van der Waals surface area contributed by atoms with Crippen LogP contribution in [0, 0.1) is 0 Å². The smallest absolute Gasteiger partial charge is 0.0467 e.